The average molecular weight is 294 g/mol. The number of rotatable bonds is 5. The molecule has 21 heavy (non-hydrogen) atoms. The summed E-state index contributed by atoms with van der Waals surface area (Å²) in [6.45, 7) is 2.01. The second-order valence-corrected chi connectivity index (χ2v) is 5.48. The molecular weight excluding hydrogens is 272 g/mol. The first-order valence-corrected chi connectivity index (χ1v) is 7.33. The minimum absolute atomic E-state index is 0.0346. The van der Waals surface area contributed by atoms with Gasteiger partial charge in [0.1, 0.15) is 12.4 Å². The van der Waals surface area contributed by atoms with Gasteiger partial charge in [-0.3, -0.25) is 0 Å². The summed E-state index contributed by atoms with van der Waals surface area (Å²) in [7, 11) is 0. The zero-order valence-corrected chi connectivity index (χ0v) is 12.2. The molecule has 5 heteroatoms. The van der Waals surface area contributed by atoms with E-state index in [1.165, 1.54) is 6.08 Å². The molecule has 5 nitrogen and oxygen atoms in total. The molecule has 1 heterocycles. The molecule has 2 aliphatic rings. The van der Waals surface area contributed by atoms with E-state index in [0.29, 0.717) is 18.5 Å². The lowest BCUT2D eigenvalue weighted by Crippen LogP contribution is -2.27. The van der Waals surface area contributed by atoms with E-state index in [2.05, 4.69) is 0 Å². The third-order valence-electron chi connectivity index (χ3n) is 3.60. The summed E-state index contributed by atoms with van der Waals surface area (Å²) in [5.74, 6) is 0.424. The Labute approximate surface area is 124 Å². The van der Waals surface area contributed by atoms with E-state index in [9.17, 15) is 15.0 Å². The van der Waals surface area contributed by atoms with Crippen LogP contribution in [-0.4, -0.2) is 35.0 Å². The molecule has 3 unspecified atom stereocenters. The van der Waals surface area contributed by atoms with E-state index in [-0.39, 0.29) is 24.6 Å². The van der Waals surface area contributed by atoms with Gasteiger partial charge in [-0.25, -0.2) is 0 Å². The van der Waals surface area contributed by atoms with Gasteiger partial charge in [-0.15, -0.1) is 0 Å². The summed E-state index contributed by atoms with van der Waals surface area (Å²) in [5, 5.41) is 19.4. The van der Waals surface area contributed by atoms with Gasteiger partial charge in [0.05, 0.1) is 6.10 Å². The molecule has 3 atom stereocenters. The molecule has 0 amide bonds. The highest BCUT2D eigenvalue weighted by Gasteiger charge is 2.22. The van der Waals surface area contributed by atoms with Gasteiger partial charge in [0, 0.05) is 12.8 Å². The molecule has 1 fully saturated rings. The van der Waals surface area contributed by atoms with Crippen molar-refractivity contribution in [2.45, 2.75) is 57.5 Å². The van der Waals surface area contributed by atoms with Crippen LogP contribution in [0.1, 0.15) is 39.0 Å². The second-order valence-electron chi connectivity index (χ2n) is 5.48. The number of ether oxygens (including phenoxy) is 2. The van der Waals surface area contributed by atoms with Crippen LogP contribution in [0.2, 0.25) is 0 Å². The molecular formula is C16H22O5. The summed E-state index contributed by atoms with van der Waals surface area (Å²) in [6, 6.07) is 0. The number of aliphatic hydroxyl groups is 2. The molecule has 0 aromatic rings. The van der Waals surface area contributed by atoms with Gasteiger partial charge >= 0.3 is 0 Å². The van der Waals surface area contributed by atoms with Crippen LogP contribution in [0.5, 0.6) is 0 Å². The Bertz CT molecular complexity index is 463. The number of carbonyl (C=O) groups excluding carboxylic acids is 1. The lowest BCUT2D eigenvalue weighted by Gasteiger charge is -2.28. The fourth-order valence-electron chi connectivity index (χ4n) is 2.45. The Morgan fingerprint density at radius 1 is 1.48 bits per heavy atom. The van der Waals surface area contributed by atoms with E-state index in [0.717, 1.165) is 24.8 Å². The van der Waals surface area contributed by atoms with Gasteiger partial charge in [0.25, 0.3) is 0 Å². The Hall–Kier alpha value is -1.59. The Balaban J connectivity index is 1.97. The van der Waals surface area contributed by atoms with Crippen LogP contribution in [0.25, 0.3) is 0 Å². The van der Waals surface area contributed by atoms with Gasteiger partial charge in [0.15, 0.2) is 17.8 Å². The lowest BCUT2D eigenvalue weighted by molar-refractivity contribution is -0.169. The molecule has 116 valence electrons. The molecule has 2 N–H and O–H groups in total. The van der Waals surface area contributed by atoms with Crippen LogP contribution in [0.3, 0.4) is 0 Å². The van der Waals surface area contributed by atoms with E-state index in [1.807, 2.05) is 6.92 Å². The highest BCUT2D eigenvalue weighted by molar-refractivity contribution is 5.56. The van der Waals surface area contributed by atoms with Crippen LogP contribution < -0.4 is 0 Å². The largest absolute Gasteiger partial charge is 0.504 e. The first-order valence-electron chi connectivity index (χ1n) is 7.33. The standard InChI is InChI=1S/C16H22O5/c1-11-3-2-4-16(20-11)21-15-8-6-12(5-7-14(15)19)9-13(18)10-17/h5,7-8,10-11,13,16,18-19H,2-4,6,9H2,1H3. The van der Waals surface area contributed by atoms with E-state index < -0.39 is 6.10 Å². The highest BCUT2D eigenvalue weighted by Crippen LogP contribution is 2.26. The molecule has 0 spiro atoms. The van der Waals surface area contributed by atoms with Gasteiger partial charge in [-0.2, -0.15) is 0 Å². The third kappa shape index (κ3) is 4.72. The summed E-state index contributed by atoms with van der Waals surface area (Å²) in [5.41, 5.74) is 0.859. The summed E-state index contributed by atoms with van der Waals surface area (Å²) >= 11 is 0. The van der Waals surface area contributed by atoms with Gasteiger partial charge < -0.3 is 24.5 Å². The minimum Gasteiger partial charge on any atom is -0.504 e. The maximum Gasteiger partial charge on any atom is 0.200 e. The normalized spacial score (nSPS) is 27.8. The molecule has 0 aromatic carbocycles. The predicted octanol–water partition coefficient (Wildman–Crippen LogP) is 2.52. The van der Waals surface area contributed by atoms with Crippen molar-refractivity contribution in [3.63, 3.8) is 0 Å². The van der Waals surface area contributed by atoms with Crippen LogP contribution in [0, 0.1) is 0 Å². The molecule has 1 saturated heterocycles. The molecule has 1 aliphatic heterocycles. The van der Waals surface area contributed by atoms with Gasteiger partial charge in [0.2, 0.25) is 0 Å². The number of hydrogen-bond donors (Lipinski definition) is 2. The Morgan fingerprint density at radius 3 is 3.00 bits per heavy atom. The first-order chi connectivity index (χ1) is 10.1. The molecule has 0 aromatic heterocycles. The number of allylic oxidation sites excluding steroid dienone is 3. The zero-order valence-electron chi connectivity index (χ0n) is 12.2. The SMILES string of the molecule is CC1CCCC(OC2=CCC(CC(O)C=O)=CC=C2O)O1. The van der Waals surface area contributed by atoms with Crippen molar-refractivity contribution >= 4 is 6.29 Å². The van der Waals surface area contributed by atoms with Crippen LogP contribution in [-0.2, 0) is 14.3 Å². The van der Waals surface area contributed by atoms with Gasteiger partial charge in [-0.1, -0.05) is 11.6 Å². The van der Waals surface area contributed by atoms with Crippen molar-refractivity contribution in [2.24, 2.45) is 0 Å². The summed E-state index contributed by atoms with van der Waals surface area (Å²) in [4.78, 5) is 10.5. The number of aliphatic hydroxyl groups excluding tert-OH is 2. The predicted molar refractivity (Wildman–Crippen MR) is 77.5 cm³/mol. The van der Waals surface area contributed by atoms with E-state index in [4.69, 9.17) is 9.47 Å². The summed E-state index contributed by atoms with van der Waals surface area (Å²) in [6.07, 6.45) is 7.96. The summed E-state index contributed by atoms with van der Waals surface area (Å²) < 4.78 is 11.4. The average Bonchev–Trinajstić information content (AvgIpc) is 2.63. The first kappa shape index (κ1) is 15.8. The Morgan fingerprint density at radius 2 is 2.29 bits per heavy atom. The number of carbonyl (C=O) groups is 1. The van der Waals surface area contributed by atoms with E-state index in [1.54, 1.807) is 12.2 Å². The fourth-order valence-corrected chi connectivity index (χ4v) is 2.45. The smallest absolute Gasteiger partial charge is 0.200 e. The monoisotopic (exact) mass is 294 g/mol. The van der Waals surface area contributed by atoms with Crippen LogP contribution in [0.15, 0.2) is 35.3 Å². The van der Waals surface area contributed by atoms with Crippen molar-refractivity contribution in [1.82, 2.24) is 0 Å². The molecule has 0 radical (unpaired) electrons. The van der Waals surface area contributed by atoms with Crippen molar-refractivity contribution in [2.75, 3.05) is 0 Å². The number of hydrogen-bond acceptors (Lipinski definition) is 5. The van der Waals surface area contributed by atoms with E-state index >= 15 is 0 Å². The fraction of sp³-hybridized carbons (Fsp3) is 0.562. The molecule has 1 aliphatic carbocycles. The minimum atomic E-state index is -1.01. The zero-order chi connectivity index (χ0) is 15.2. The van der Waals surface area contributed by atoms with Crippen molar-refractivity contribution in [1.29, 1.82) is 0 Å². The Kier molecular flexibility index (Phi) is 5.59. The van der Waals surface area contributed by atoms with Crippen molar-refractivity contribution in [3.05, 3.63) is 35.3 Å². The highest BCUT2D eigenvalue weighted by atomic mass is 16.7. The van der Waals surface area contributed by atoms with Crippen molar-refractivity contribution < 1.29 is 24.5 Å². The molecule has 0 saturated carbocycles. The molecule has 2 rings (SSSR count). The maximum absolute atomic E-state index is 10.5. The van der Waals surface area contributed by atoms with Gasteiger partial charge in [-0.05, 0) is 38.3 Å². The number of aldehydes is 1. The quantitative estimate of drug-likeness (QED) is 0.762. The third-order valence-corrected chi connectivity index (χ3v) is 3.60. The van der Waals surface area contributed by atoms with Crippen LogP contribution in [0.4, 0.5) is 0 Å². The maximum atomic E-state index is 10.5. The lowest BCUT2D eigenvalue weighted by atomic mass is 10.1. The molecule has 0 bridgehead atoms. The van der Waals surface area contributed by atoms with Crippen molar-refractivity contribution in [3.8, 4) is 0 Å². The second kappa shape index (κ2) is 7.43. The topological polar surface area (TPSA) is 76.0 Å². The van der Waals surface area contributed by atoms with Crippen LogP contribution >= 0.6 is 0 Å².